The van der Waals surface area contributed by atoms with Crippen molar-refractivity contribution in [1.82, 2.24) is 14.9 Å². The van der Waals surface area contributed by atoms with Crippen molar-refractivity contribution in [2.45, 2.75) is 32.8 Å². The number of Topliss-reactive ketones (excluding diaryl/α,β-unsaturated/α-hetero) is 1. The lowest BCUT2D eigenvalue weighted by Crippen LogP contribution is -2.33. The second kappa shape index (κ2) is 5.66. The number of hydrogen-bond acceptors (Lipinski definition) is 4. The highest BCUT2D eigenvalue weighted by Crippen LogP contribution is 2.06. The SMILES string of the molecule is Cn1cncc1C(=O)CCNC(=O)OC(C)(C)C. The Morgan fingerprint density at radius 3 is 2.61 bits per heavy atom. The summed E-state index contributed by atoms with van der Waals surface area (Å²) in [6.07, 6.45) is 2.78. The van der Waals surface area contributed by atoms with Crippen molar-refractivity contribution in [3.63, 3.8) is 0 Å². The van der Waals surface area contributed by atoms with E-state index in [9.17, 15) is 9.59 Å². The van der Waals surface area contributed by atoms with E-state index < -0.39 is 11.7 Å². The van der Waals surface area contributed by atoms with Gasteiger partial charge in [-0.15, -0.1) is 0 Å². The zero-order valence-corrected chi connectivity index (χ0v) is 11.2. The maximum atomic E-state index is 11.7. The van der Waals surface area contributed by atoms with E-state index >= 15 is 0 Å². The Hall–Kier alpha value is -1.85. The average molecular weight is 253 g/mol. The number of aryl methyl sites for hydroxylation is 1. The van der Waals surface area contributed by atoms with Crippen LogP contribution in [-0.2, 0) is 11.8 Å². The van der Waals surface area contributed by atoms with E-state index in [2.05, 4.69) is 10.3 Å². The molecule has 0 saturated heterocycles. The Labute approximate surface area is 106 Å². The van der Waals surface area contributed by atoms with Crippen LogP contribution < -0.4 is 5.32 Å². The van der Waals surface area contributed by atoms with E-state index in [4.69, 9.17) is 4.74 Å². The molecule has 0 aliphatic heterocycles. The molecule has 1 rings (SSSR count). The van der Waals surface area contributed by atoms with Crippen molar-refractivity contribution >= 4 is 11.9 Å². The lowest BCUT2D eigenvalue weighted by molar-refractivity contribution is 0.0527. The van der Waals surface area contributed by atoms with Gasteiger partial charge in [0.15, 0.2) is 5.78 Å². The molecule has 0 radical (unpaired) electrons. The minimum absolute atomic E-state index is 0.0638. The Kier molecular flexibility index (Phi) is 4.47. The van der Waals surface area contributed by atoms with Crippen LogP contribution in [0, 0.1) is 0 Å². The molecule has 1 N–H and O–H groups in total. The average Bonchev–Trinajstić information content (AvgIpc) is 2.61. The molecule has 1 aromatic rings. The van der Waals surface area contributed by atoms with Crippen LogP contribution in [0.4, 0.5) is 4.79 Å². The number of alkyl carbamates (subject to hydrolysis) is 1. The first-order valence-corrected chi connectivity index (χ1v) is 5.76. The van der Waals surface area contributed by atoms with Crippen molar-refractivity contribution in [2.24, 2.45) is 7.05 Å². The zero-order valence-electron chi connectivity index (χ0n) is 11.2. The van der Waals surface area contributed by atoms with E-state index in [0.717, 1.165) is 0 Å². The molecule has 1 amide bonds. The van der Waals surface area contributed by atoms with Gasteiger partial charge in [0, 0.05) is 20.0 Å². The third-order valence-corrected chi connectivity index (χ3v) is 2.12. The molecule has 6 nitrogen and oxygen atoms in total. The molecule has 0 aliphatic carbocycles. The molecule has 0 aromatic carbocycles. The molecule has 0 spiro atoms. The molecule has 1 aromatic heterocycles. The highest BCUT2D eigenvalue weighted by molar-refractivity contribution is 5.94. The highest BCUT2D eigenvalue weighted by Gasteiger charge is 2.16. The van der Waals surface area contributed by atoms with Gasteiger partial charge in [0.05, 0.1) is 12.5 Å². The molecule has 0 unspecified atom stereocenters. The maximum absolute atomic E-state index is 11.7. The largest absolute Gasteiger partial charge is 0.444 e. The summed E-state index contributed by atoms with van der Waals surface area (Å²) in [6.45, 7) is 5.60. The van der Waals surface area contributed by atoms with Gasteiger partial charge in [-0.1, -0.05) is 0 Å². The fourth-order valence-electron chi connectivity index (χ4n) is 1.35. The van der Waals surface area contributed by atoms with Gasteiger partial charge in [-0.2, -0.15) is 0 Å². The smallest absolute Gasteiger partial charge is 0.407 e. The minimum Gasteiger partial charge on any atom is -0.444 e. The van der Waals surface area contributed by atoms with Crippen molar-refractivity contribution in [3.8, 4) is 0 Å². The van der Waals surface area contributed by atoms with Crippen molar-refractivity contribution in [3.05, 3.63) is 18.2 Å². The molecule has 0 fully saturated rings. The van der Waals surface area contributed by atoms with Crippen LogP contribution >= 0.6 is 0 Å². The summed E-state index contributed by atoms with van der Waals surface area (Å²) in [5.74, 6) is -0.0638. The first-order valence-electron chi connectivity index (χ1n) is 5.76. The van der Waals surface area contributed by atoms with Gasteiger partial charge < -0.3 is 14.6 Å². The molecule has 18 heavy (non-hydrogen) atoms. The highest BCUT2D eigenvalue weighted by atomic mass is 16.6. The fourth-order valence-corrected chi connectivity index (χ4v) is 1.35. The second-order valence-electron chi connectivity index (χ2n) is 4.99. The van der Waals surface area contributed by atoms with Crippen LogP contribution in [0.25, 0.3) is 0 Å². The van der Waals surface area contributed by atoms with Crippen LogP contribution in [0.1, 0.15) is 37.7 Å². The van der Waals surface area contributed by atoms with Gasteiger partial charge in [-0.25, -0.2) is 9.78 Å². The molecule has 0 atom stereocenters. The van der Waals surface area contributed by atoms with E-state index in [1.807, 2.05) is 0 Å². The standard InChI is InChI=1S/C12H19N3O3/c1-12(2,3)18-11(17)14-6-5-10(16)9-7-13-8-15(9)4/h7-8H,5-6H2,1-4H3,(H,14,17). The molecule has 0 saturated carbocycles. The first-order chi connectivity index (χ1) is 8.29. The molecule has 100 valence electrons. The topological polar surface area (TPSA) is 73.2 Å². The van der Waals surface area contributed by atoms with Crippen LogP contribution in [0.15, 0.2) is 12.5 Å². The van der Waals surface area contributed by atoms with Crippen molar-refractivity contribution < 1.29 is 14.3 Å². The summed E-state index contributed by atoms with van der Waals surface area (Å²) >= 11 is 0. The molecule has 1 heterocycles. The maximum Gasteiger partial charge on any atom is 0.407 e. The van der Waals surface area contributed by atoms with Crippen LogP contribution in [-0.4, -0.2) is 33.6 Å². The number of ketones is 1. The van der Waals surface area contributed by atoms with Gasteiger partial charge in [0.1, 0.15) is 11.3 Å². The summed E-state index contributed by atoms with van der Waals surface area (Å²) in [5.41, 5.74) is -0.00292. The van der Waals surface area contributed by atoms with E-state index in [0.29, 0.717) is 5.69 Å². The Bertz CT molecular complexity index is 432. The van der Waals surface area contributed by atoms with E-state index in [1.165, 1.54) is 6.20 Å². The molecular formula is C12H19N3O3. The van der Waals surface area contributed by atoms with Crippen molar-refractivity contribution in [2.75, 3.05) is 6.54 Å². The fraction of sp³-hybridized carbons (Fsp3) is 0.583. The molecule has 0 bridgehead atoms. The summed E-state index contributed by atoms with van der Waals surface area (Å²) in [5, 5.41) is 2.54. The summed E-state index contributed by atoms with van der Waals surface area (Å²) in [7, 11) is 1.75. The third kappa shape index (κ3) is 4.57. The summed E-state index contributed by atoms with van der Waals surface area (Å²) in [4.78, 5) is 26.9. The quantitative estimate of drug-likeness (QED) is 0.826. The number of nitrogens with one attached hydrogen (secondary N) is 1. The summed E-state index contributed by atoms with van der Waals surface area (Å²) in [6, 6.07) is 0. The molecule has 0 aliphatic rings. The number of ether oxygens (including phenoxy) is 1. The van der Waals surface area contributed by atoms with E-state index in [-0.39, 0.29) is 18.7 Å². The Balaban J connectivity index is 2.33. The lowest BCUT2D eigenvalue weighted by Gasteiger charge is -2.19. The first kappa shape index (κ1) is 14.2. The normalized spacial score (nSPS) is 11.1. The molecular weight excluding hydrogens is 234 g/mol. The van der Waals surface area contributed by atoms with Gasteiger partial charge in [-0.3, -0.25) is 4.79 Å². The van der Waals surface area contributed by atoms with Crippen molar-refractivity contribution in [1.29, 1.82) is 0 Å². The van der Waals surface area contributed by atoms with E-state index in [1.54, 1.807) is 38.7 Å². The van der Waals surface area contributed by atoms with Crippen LogP contribution in [0.2, 0.25) is 0 Å². The minimum atomic E-state index is -0.532. The van der Waals surface area contributed by atoms with Gasteiger partial charge in [0.25, 0.3) is 0 Å². The number of amides is 1. The number of hydrogen-bond donors (Lipinski definition) is 1. The summed E-state index contributed by atoms with van der Waals surface area (Å²) < 4.78 is 6.70. The monoisotopic (exact) mass is 253 g/mol. The van der Waals surface area contributed by atoms with Crippen LogP contribution in [0.3, 0.4) is 0 Å². The predicted molar refractivity (Wildman–Crippen MR) is 66.4 cm³/mol. The predicted octanol–water partition coefficient (Wildman–Crippen LogP) is 1.52. The number of rotatable bonds is 4. The second-order valence-corrected chi connectivity index (χ2v) is 4.99. The Morgan fingerprint density at radius 1 is 1.44 bits per heavy atom. The van der Waals surface area contributed by atoms with Gasteiger partial charge in [0.2, 0.25) is 0 Å². The molecule has 6 heteroatoms. The number of carbonyl (C=O) groups is 2. The number of carbonyl (C=O) groups excluding carboxylic acids is 2. The Morgan fingerprint density at radius 2 is 2.11 bits per heavy atom. The zero-order chi connectivity index (χ0) is 13.8. The lowest BCUT2D eigenvalue weighted by atomic mass is 10.2. The van der Waals surface area contributed by atoms with Gasteiger partial charge in [-0.05, 0) is 20.8 Å². The third-order valence-electron chi connectivity index (χ3n) is 2.12. The number of imidazole rings is 1. The number of nitrogens with zero attached hydrogens (tertiary/aromatic N) is 2. The van der Waals surface area contributed by atoms with Crippen LogP contribution in [0.5, 0.6) is 0 Å². The number of aromatic nitrogens is 2. The van der Waals surface area contributed by atoms with Gasteiger partial charge >= 0.3 is 6.09 Å².